The summed E-state index contributed by atoms with van der Waals surface area (Å²) < 4.78 is 2.04. The van der Waals surface area contributed by atoms with E-state index in [2.05, 4.69) is 4.98 Å². The fourth-order valence-electron chi connectivity index (χ4n) is 1.00. The summed E-state index contributed by atoms with van der Waals surface area (Å²) in [5.74, 6) is 3.14. The van der Waals surface area contributed by atoms with Crippen molar-refractivity contribution < 1.29 is 0 Å². The molecule has 1 aliphatic heterocycles. The van der Waals surface area contributed by atoms with Crippen molar-refractivity contribution in [3.05, 3.63) is 12.5 Å². The Morgan fingerprint density at radius 2 is 2.50 bits per heavy atom. The van der Waals surface area contributed by atoms with Gasteiger partial charge in [-0.1, -0.05) is 0 Å². The Balaban J connectivity index is 2.23. The number of thioether (sulfide) groups is 1. The first kappa shape index (κ1) is 6.09. The summed E-state index contributed by atoms with van der Waals surface area (Å²) >= 11 is 1.95. The Bertz CT molecular complexity index is 229. The fourth-order valence-corrected chi connectivity index (χ4v) is 1.77. The summed E-state index contributed by atoms with van der Waals surface area (Å²) in [4.78, 5) is 3.95. The fraction of sp³-hybridized carbons (Fsp3) is 0.500. The predicted octanol–water partition coefficient (Wildman–Crippen LogP) is 0.753. The minimum absolute atomic E-state index is 0.604. The lowest BCUT2D eigenvalue weighted by molar-refractivity contribution is 0.600. The Labute approximate surface area is 63.6 Å². The number of rotatable bonds is 1. The van der Waals surface area contributed by atoms with Gasteiger partial charge in [0, 0.05) is 11.5 Å². The third-order valence-corrected chi connectivity index (χ3v) is 2.95. The second-order valence-electron chi connectivity index (χ2n) is 2.42. The molecule has 10 heavy (non-hydrogen) atoms. The number of hydrogen-bond donors (Lipinski definition) is 1. The van der Waals surface area contributed by atoms with Gasteiger partial charge in [0.1, 0.15) is 5.82 Å². The van der Waals surface area contributed by atoms with Crippen molar-refractivity contribution in [2.24, 2.45) is 0 Å². The summed E-state index contributed by atoms with van der Waals surface area (Å²) in [5.41, 5.74) is 5.64. The zero-order valence-electron chi connectivity index (χ0n) is 5.53. The van der Waals surface area contributed by atoms with E-state index in [4.69, 9.17) is 5.73 Å². The highest BCUT2D eigenvalue weighted by Gasteiger charge is 2.20. The molecule has 1 saturated heterocycles. The molecule has 1 aliphatic rings. The number of nitrogens with zero attached hydrogens (tertiary/aromatic N) is 2. The van der Waals surface area contributed by atoms with E-state index in [1.807, 2.05) is 16.3 Å². The van der Waals surface area contributed by atoms with Gasteiger partial charge in [-0.15, -0.1) is 0 Å². The molecular weight excluding hydrogens is 146 g/mol. The van der Waals surface area contributed by atoms with Crippen LogP contribution in [-0.2, 0) is 0 Å². The van der Waals surface area contributed by atoms with Crippen LogP contribution in [0, 0.1) is 0 Å². The zero-order valence-corrected chi connectivity index (χ0v) is 6.34. The molecular formula is C6H9N3S. The van der Waals surface area contributed by atoms with Crippen LogP contribution in [0.1, 0.15) is 6.04 Å². The van der Waals surface area contributed by atoms with E-state index < -0.39 is 0 Å². The summed E-state index contributed by atoms with van der Waals surface area (Å²) in [5, 5.41) is 0. The normalized spacial score (nSPS) is 18.8. The Morgan fingerprint density at radius 1 is 1.70 bits per heavy atom. The lowest BCUT2D eigenvalue weighted by atomic mass is 10.4. The number of nitrogen functional groups attached to an aromatic ring is 1. The van der Waals surface area contributed by atoms with Crippen LogP contribution in [0.15, 0.2) is 12.5 Å². The van der Waals surface area contributed by atoms with E-state index in [0.29, 0.717) is 6.04 Å². The maximum Gasteiger partial charge on any atom is 0.123 e. The molecule has 0 atom stereocenters. The quantitative estimate of drug-likeness (QED) is 0.651. The molecule has 4 heteroatoms. The van der Waals surface area contributed by atoms with Crippen LogP contribution >= 0.6 is 11.8 Å². The van der Waals surface area contributed by atoms with Crippen LogP contribution < -0.4 is 5.73 Å². The second kappa shape index (κ2) is 2.20. The Kier molecular flexibility index (Phi) is 1.34. The van der Waals surface area contributed by atoms with E-state index >= 15 is 0 Å². The van der Waals surface area contributed by atoms with Gasteiger partial charge in [0.15, 0.2) is 0 Å². The Hall–Kier alpha value is -0.640. The molecule has 0 spiro atoms. The molecule has 0 aliphatic carbocycles. The molecule has 1 fully saturated rings. The number of nitrogens with two attached hydrogens (primary N) is 1. The molecule has 2 rings (SSSR count). The van der Waals surface area contributed by atoms with Crippen LogP contribution in [-0.4, -0.2) is 21.1 Å². The topological polar surface area (TPSA) is 43.8 Å². The minimum Gasteiger partial charge on any atom is -0.384 e. The Morgan fingerprint density at radius 3 is 2.90 bits per heavy atom. The van der Waals surface area contributed by atoms with Crippen molar-refractivity contribution in [2.45, 2.75) is 6.04 Å². The lowest BCUT2D eigenvalue weighted by Gasteiger charge is -2.26. The monoisotopic (exact) mass is 155 g/mol. The smallest absolute Gasteiger partial charge is 0.123 e. The van der Waals surface area contributed by atoms with Gasteiger partial charge >= 0.3 is 0 Å². The maximum absolute atomic E-state index is 5.64. The molecule has 54 valence electrons. The molecule has 0 unspecified atom stereocenters. The molecule has 1 aromatic rings. The predicted molar refractivity (Wildman–Crippen MR) is 43.0 cm³/mol. The maximum atomic E-state index is 5.64. The largest absolute Gasteiger partial charge is 0.384 e. The van der Waals surface area contributed by atoms with Gasteiger partial charge in [-0.05, 0) is 0 Å². The van der Waals surface area contributed by atoms with E-state index in [9.17, 15) is 0 Å². The molecule has 0 saturated carbocycles. The van der Waals surface area contributed by atoms with Crippen LogP contribution in [0.25, 0.3) is 0 Å². The highest BCUT2D eigenvalue weighted by molar-refractivity contribution is 8.00. The van der Waals surface area contributed by atoms with E-state index in [1.165, 1.54) is 11.5 Å². The van der Waals surface area contributed by atoms with Crippen molar-refractivity contribution in [3.8, 4) is 0 Å². The molecule has 0 radical (unpaired) electrons. The number of anilines is 1. The van der Waals surface area contributed by atoms with Crippen molar-refractivity contribution >= 4 is 17.6 Å². The summed E-state index contributed by atoms with van der Waals surface area (Å²) in [6, 6.07) is 0.604. The van der Waals surface area contributed by atoms with Crippen molar-refractivity contribution in [1.82, 2.24) is 9.55 Å². The van der Waals surface area contributed by atoms with E-state index in [1.54, 1.807) is 12.5 Å². The first-order valence-electron chi connectivity index (χ1n) is 3.23. The summed E-state index contributed by atoms with van der Waals surface area (Å²) in [6.07, 6.45) is 3.50. The van der Waals surface area contributed by atoms with Crippen LogP contribution in [0.2, 0.25) is 0 Å². The van der Waals surface area contributed by atoms with Crippen molar-refractivity contribution in [1.29, 1.82) is 0 Å². The van der Waals surface area contributed by atoms with Crippen molar-refractivity contribution in [3.63, 3.8) is 0 Å². The van der Waals surface area contributed by atoms with Gasteiger partial charge in [-0.3, -0.25) is 0 Å². The van der Waals surface area contributed by atoms with E-state index in [-0.39, 0.29) is 0 Å². The average molecular weight is 155 g/mol. The summed E-state index contributed by atoms with van der Waals surface area (Å²) in [7, 11) is 0. The highest BCUT2D eigenvalue weighted by Crippen LogP contribution is 2.30. The van der Waals surface area contributed by atoms with E-state index in [0.717, 1.165) is 5.82 Å². The molecule has 2 N–H and O–H groups in total. The van der Waals surface area contributed by atoms with Crippen LogP contribution in [0.5, 0.6) is 0 Å². The summed E-state index contributed by atoms with van der Waals surface area (Å²) in [6.45, 7) is 0. The van der Waals surface area contributed by atoms with Gasteiger partial charge in [-0.25, -0.2) is 4.98 Å². The first-order valence-corrected chi connectivity index (χ1v) is 4.38. The van der Waals surface area contributed by atoms with Gasteiger partial charge < -0.3 is 10.3 Å². The second-order valence-corrected chi connectivity index (χ2v) is 3.49. The average Bonchev–Trinajstić information content (AvgIpc) is 2.12. The lowest BCUT2D eigenvalue weighted by Crippen LogP contribution is -2.23. The molecule has 3 nitrogen and oxygen atoms in total. The first-order chi connectivity index (χ1) is 4.88. The molecule has 1 aromatic heterocycles. The SMILES string of the molecule is Nc1cncn1C1CSC1. The van der Waals surface area contributed by atoms with Gasteiger partial charge in [0.05, 0.1) is 18.6 Å². The zero-order chi connectivity index (χ0) is 6.97. The van der Waals surface area contributed by atoms with Crippen LogP contribution in [0.3, 0.4) is 0 Å². The standard InChI is InChI=1S/C6H9N3S/c7-6-1-8-4-9(6)5-2-10-3-5/h1,4-5H,2-3,7H2. The van der Waals surface area contributed by atoms with Crippen LogP contribution in [0.4, 0.5) is 5.82 Å². The molecule has 0 bridgehead atoms. The third kappa shape index (κ3) is 0.794. The number of hydrogen-bond acceptors (Lipinski definition) is 3. The number of aromatic nitrogens is 2. The molecule has 0 aromatic carbocycles. The van der Waals surface area contributed by atoms with Gasteiger partial charge in [-0.2, -0.15) is 11.8 Å². The van der Waals surface area contributed by atoms with Crippen molar-refractivity contribution in [2.75, 3.05) is 17.2 Å². The molecule has 2 heterocycles. The van der Waals surface area contributed by atoms with Gasteiger partial charge in [0.25, 0.3) is 0 Å². The minimum atomic E-state index is 0.604. The highest BCUT2D eigenvalue weighted by atomic mass is 32.2. The molecule has 0 amide bonds. The number of imidazole rings is 1. The third-order valence-electron chi connectivity index (χ3n) is 1.71. The van der Waals surface area contributed by atoms with Gasteiger partial charge in [0.2, 0.25) is 0 Å².